The second-order valence-corrected chi connectivity index (χ2v) is 8.13. The van der Waals surface area contributed by atoms with E-state index in [1.807, 2.05) is 36.4 Å². The zero-order valence-corrected chi connectivity index (χ0v) is 18.0. The first-order valence-electron chi connectivity index (χ1n) is 9.56. The predicted molar refractivity (Wildman–Crippen MR) is 120 cm³/mol. The summed E-state index contributed by atoms with van der Waals surface area (Å²) in [5.74, 6) is 1.06. The van der Waals surface area contributed by atoms with Crippen molar-refractivity contribution in [3.63, 3.8) is 0 Å². The Morgan fingerprint density at radius 3 is 2.55 bits per heavy atom. The fraction of sp³-hybridized carbons (Fsp3) is 0.208. The Labute approximate surface area is 179 Å². The van der Waals surface area contributed by atoms with Crippen molar-refractivity contribution < 1.29 is 9.84 Å². The smallest absolute Gasteiger partial charge is 0.129 e. The first-order valence-corrected chi connectivity index (χ1v) is 10.4. The Bertz CT molecular complexity index is 1050. The normalized spacial score (nSPS) is 18.9. The minimum Gasteiger partial charge on any atom is -0.508 e. The van der Waals surface area contributed by atoms with E-state index in [-0.39, 0.29) is 18.0 Å². The van der Waals surface area contributed by atoms with Crippen molar-refractivity contribution in [1.29, 1.82) is 0 Å². The second-order valence-electron chi connectivity index (χ2n) is 7.21. The van der Waals surface area contributed by atoms with Crippen LogP contribution in [0.2, 0.25) is 0 Å². The van der Waals surface area contributed by atoms with E-state index >= 15 is 0 Å². The first kappa shape index (κ1) is 19.7. The molecule has 0 fully saturated rings. The predicted octanol–water partition coefficient (Wildman–Crippen LogP) is 5.69. The van der Waals surface area contributed by atoms with Crippen molar-refractivity contribution >= 4 is 21.6 Å². The molecule has 1 heterocycles. The molecular formula is C24H23BrN2O2. The lowest BCUT2D eigenvalue weighted by atomic mass is 9.93. The summed E-state index contributed by atoms with van der Waals surface area (Å²) in [5, 5.41) is 14.1. The molecule has 0 spiro atoms. The van der Waals surface area contributed by atoms with E-state index in [0.29, 0.717) is 6.42 Å². The maximum absolute atomic E-state index is 10.5. The number of benzene rings is 3. The number of phenolic OH excluding ortho intramolecular Hbond substituents is 1. The third-order valence-electron chi connectivity index (χ3n) is 5.22. The average molecular weight is 451 g/mol. The Morgan fingerprint density at radius 1 is 1.03 bits per heavy atom. The lowest BCUT2D eigenvalue weighted by Crippen LogP contribution is -2.33. The van der Waals surface area contributed by atoms with Crippen molar-refractivity contribution in [2.45, 2.75) is 25.6 Å². The van der Waals surface area contributed by atoms with Gasteiger partial charge in [-0.25, -0.2) is 0 Å². The quantitative estimate of drug-likeness (QED) is 0.536. The third kappa shape index (κ3) is 4.21. The number of nitrogens with zero attached hydrogens (tertiary/aromatic N) is 1. The molecule has 2 atom stereocenters. The standard InChI is InChI=1S/C24H23BrN2O2/c1-15-7-9-16(10-8-15)20-14-21(19-13-17(25)11-12-22(19)28)27-24(26-20)18-5-3-4-6-23(18)29-2/h3-13,21,24,27-28H,14H2,1-2H3/t21-,24+/m1/s1. The van der Waals surface area contributed by atoms with Crippen LogP contribution in [0.5, 0.6) is 11.5 Å². The highest BCUT2D eigenvalue weighted by molar-refractivity contribution is 9.10. The first-order chi connectivity index (χ1) is 14.0. The Hall–Kier alpha value is -2.63. The number of halogens is 1. The fourth-order valence-corrected chi connectivity index (χ4v) is 4.06. The highest BCUT2D eigenvalue weighted by Crippen LogP contribution is 2.37. The molecule has 0 radical (unpaired) electrons. The molecule has 3 aromatic rings. The van der Waals surface area contributed by atoms with Crippen molar-refractivity contribution in [1.82, 2.24) is 5.32 Å². The highest BCUT2D eigenvalue weighted by atomic mass is 79.9. The maximum atomic E-state index is 10.5. The van der Waals surface area contributed by atoms with E-state index in [0.717, 1.165) is 32.6 Å². The molecular weight excluding hydrogens is 428 g/mol. The summed E-state index contributed by atoms with van der Waals surface area (Å²) in [4.78, 5) is 5.02. The van der Waals surface area contributed by atoms with Gasteiger partial charge in [0.05, 0.1) is 7.11 Å². The van der Waals surface area contributed by atoms with E-state index in [9.17, 15) is 5.11 Å². The van der Waals surface area contributed by atoms with Crippen LogP contribution in [0.4, 0.5) is 0 Å². The SMILES string of the molecule is COc1ccccc1[C@H]1N=C(c2ccc(C)cc2)C[C@H](c2cc(Br)ccc2O)N1. The number of para-hydroxylation sites is 1. The lowest BCUT2D eigenvalue weighted by molar-refractivity contribution is 0.381. The lowest BCUT2D eigenvalue weighted by Gasteiger charge is -2.31. The zero-order valence-electron chi connectivity index (χ0n) is 16.4. The van der Waals surface area contributed by atoms with Crippen LogP contribution in [-0.4, -0.2) is 17.9 Å². The van der Waals surface area contributed by atoms with Crippen LogP contribution >= 0.6 is 15.9 Å². The minimum atomic E-state index is -0.278. The Kier molecular flexibility index (Phi) is 5.69. The van der Waals surface area contributed by atoms with E-state index in [2.05, 4.69) is 52.4 Å². The summed E-state index contributed by atoms with van der Waals surface area (Å²) in [7, 11) is 1.67. The molecule has 148 valence electrons. The van der Waals surface area contributed by atoms with Gasteiger partial charge in [-0.2, -0.15) is 0 Å². The highest BCUT2D eigenvalue weighted by Gasteiger charge is 2.29. The molecule has 0 aliphatic carbocycles. The van der Waals surface area contributed by atoms with E-state index in [1.54, 1.807) is 13.2 Å². The van der Waals surface area contributed by atoms with Crippen LogP contribution in [0, 0.1) is 6.92 Å². The van der Waals surface area contributed by atoms with Crippen LogP contribution < -0.4 is 10.1 Å². The van der Waals surface area contributed by atoms with Gasteiger partial charge in [0, 0.05) is 33.8 Å². The minimum absolute atomic E-state index is 0.0868. The number of ether oxygens (including phenoxy) is 1. The molecule has 5 heteroatoms. The summed E-state index contributed by atoms with van der Waals surface area (Å²) in [5.41, 5.74) is 5.13. The van der Waals surface area contributed by atoms with Gasteiger partial charge in [-0.15, -0.1) is 0 Å². The summed E-state index contributed by atoms with van der Waals surface area (Å²) >= 11 is 3.52. The molecule has 1 aliphatic rings. The molecule has 0 bridgehead atoms. The Balaban J connectivity index is 1.80. The van der Waals surface area contributed by atoms with Crippen molar-refractivity contribution in [2.24, 2.45) is 4.99 Å². The number of aryl methyl sites for hydroxylation is 1. The number of phenols is 1. The van der Waals surface area contributed by atoms with Gasteiger partial charge < -0.3 is 9.84 Å². The van der Waals surface area contributed by atoms with Gasteiger partial charge >= 0.3 is 0 Å². The zero-order chi connectivity index (χ0) is 20.4. The maximum Gasteiger partial charge on any atom is 0.129 e. The summed E-state index contributed by atoms with van der Waals surface area (Å²) in [6.45, 7) is 2.08. The van der Waals surface area contributed by atoms with Crippen LogP contribution in [0.1, 0.15) is 40.9 Å². The van der Waals surface area contributed by atoms with Gasteiger partial charge in [-0.1, -0.05) is 64.0 Å². The van der Waals surface area contributed by atoms with Crippen molar-refractivity contribution in [3.8, 4) is 11.5 Å². The topological polar surface area (TPSA) is 53.9 Å². The molecule has 0 unspecified atom stereocenters. The number of nitrogens with one attached hydrogen (secondary N) is 1. The number of rotatable bonds is 4. The molecule has 2 N–H and O–H groups in total. The third-order valence-corrected chi connectivity index (χ3v) is 5.72. The van der Waals surface area contributed by atoms with Crippen molar-refractivity contribution in [3.05, 3.63) is 93.5 Å². The van der Waals surface area contributed by atoms with Crippen LogP contribution in [-0.2, 0) is 0 Å². The summed E-state index contributed by atoms with van der Waals surface area (Å²) in [6.07, 6.45) is 0.401. The molecule has 1 aliphatic heterocycles. The van der Waals surface area contributed by atoms with Gasteiger partial charge in [-0.3, -0.25) is 10.3 Å². The van der Waals surface area contributed by atoms with Crippen LogP contribution in [0.15, 0.2) is 76.2 Å². The number of aromatic hydroxyl groups is 1. The summed E-state index contributed by atoms with van der Waals surface area (Å²) < 4.78 is 6.50. The monoisotopic (exact) mass is 450 g/mol. The average Bonchev–Trinajstić information content (AvgIpc) is 2.75. The van der Waals surface area contributed by atoms with Gasteiger partial charge in [0.1, 0.15) is 17.7 Å². The molecule has 3 aromatic carbocycles. The second kappa shape index (κ2) is 8.39. The number of aliphatic imine (C=N–C) groups is 1. The molecule has 0 saturated heterocycles. The van der Waals surface area contributed by atoms with Gasteiger partial charge in [0.2, 0.25) is 0 Å². The number of hydrogen-bond acceptors (Lipinski definition) is 4. The van der Waals surface area contributed by atoms with Crippen molar-refractivity contribution in [2.75, 3.05) is 7.11 Å². The van der Waals surface area contributed by atoms with Gasteiger partial charge in [0.15, 0.2) is 0 Å². The molecule has 4 nitrogen and oxygen atoms in total. The summed E-state index contributed by atoms with van der Waals surface area (Å²) in [6, 6.07) is 21.8. The van der Waals surface area contributed by atoms with Crippen LogP contribution in [0.3, 0.4) is 0 Å². The van der Waals surface area contributed by atoms with E-state index in [1.165, 1.54) is 5.56 Å². The molecule has 0 aromatic heterocycles. The molecule has 0 saturated carbocycles. The fourth-order valence-electron chi connectivity index (χ4n) is 3.68. The van der Waals surface area contributed by atoms with Gasteiger partial charge in [-0.05, 0) is 36.8 Å². The van der Waals surface area contributed by atoms with E-state index in [4.69, 9.17) is 9.73 Å². The molecule has 29 heavy (non-hydrogen) atoms. The van der Waals surface area contributed by atoms with Crippen LogP contribution in [0.25, 0.3) is 0 Å². The van der Waals surface area contributed by atoms with E-state index < -0.39 is 0 Å². The number of hydrogen-bond donors (Lipinski definition) is 2. The molecule has 0 amide bonds. The largest absolute Gasteiger partial charge is 0.508 e. The number of methoxy groups -OCH3 is 1. The Morgan fingerprint density at radius 2 is 1.79 bits per heavy atom. The molecule has 4 rings (SSSR count). The van der Waals surface area contributed by atoms with Gasteiger partial charge in [0.25, 0.3) is 0 Å².